The van der Waals surface area contributed by atoms with E-state index in [2.05, 4.69) is 24.4 Å². The number of carbonyl (C=O) groups is 2. The predicted molar refractivity (Wildman–Crippen MR) is 73.7 cm³/mol. The van der Waals surface area contributed by atoms with Crippen molar-refractivity contribution in [3.63, 3.8) is 0 Å². The summed E-state index contributed by atoms with van der Waals surface area (Å²) in [5.41, 5.74) is 1.27. The van der Waals surface area contributed by atoms with Gasteiger partial charge in [0.25, 0.3) is 0 Å². The first-order chi connectivity index (χ1) is 9.09. The minimum absolute atomic E-state index is 0.00682. The summed E-state index contributed by atoms with van der Waals surface area (Å²) in [6.45, 7) is 4.68. The number of hydrogen-bond donors (Lipinski definition) is 1. The quantitative estimate of drug-likeness (QED) is 0.892. The molecule has 19 heavy (non-hydrogen) atoms. The second kappa shape index (κ2) is 5.87. The van der Waals surface area contributed by atoms with Gasteiger partial charge in [0.05, 0.1) is 6.54 Å². The Labute approximate surface area is 113 Å². The average molecular weight is 260 g/mol. The third kappa shape index (κ3) is 3.13. The Kier molecular flexibility index (Phi) is 4.20. The van der Waals surface area contributed by atoms with Crippen LogP contribution in [0.1, 0.15) is 31.7 Å². The molecule has 102 valence electrons. The van der Waals surface area contributed by atoms with E-state index in [1.54, 1.807) is 11.8 Å². The highest BCUT2D eigenvalue weighted by Gasteiger charge is 2.30. The number of nitrogens with zero attached hydrogens (tertiary/aromatic N) is 1. The molecule has 1 saturated heterocycles. The van der Waals surface area contributed by atoms with Gasteiger partial charge in [-0.15, -0.1) is 0 Å². The van der Waals surface area contributed by atoms with Crippen LogP contribution in [0.2, 0.25) is 0 Å². The van der Waals surface area contributed by atoms with E-state index < -0.39 is 0 Å². The van der Waals surface area contributed by atoms with Crippen LogP contribution >= 0.6 is 0 Å². The molecule has 1 heterocycles. The minimum atomic E-state index is -0.357. The highest BCUT2D eigenvalue weighted by molar-refractivity contribution is 5.94. The number of carbonyl (C=O) groups excluding carboxylic acids is 2. The van der Waals surface area contributed by atoms with Crippen molar-refractivity contribution in [3.05, 3.63) is 35.9 Å². The van der Waals surface area contributed by atoms with Gasteiger partial charge in [0.15, 0.2) is 0 Å². The molecule has 1 aromatic carbocycles. The van der Waals surface area contributed by atoms with Gasteiger partial charge in [0.1, 0.15) is 6.04 Å². The Morgan fingerprint density at radius 1 is 1.32 bits per heavy atom. The molecule has 4 heteroatoms. The summed E-state index contributed by atoms with van der Waals surface area (Å²) >= 11 is 0. The van der Waals surface area contributed by atoms with Crippen molar-refractivity contribution in [1.29, 1.82) is 0 Å². The van der Waals surface area contributed by atoms with Gasteiger partial charge in [-0.25, -0.2) is 0 Å². The van der Waals surface area contributed by atoms with Gasteiger partial charge in [-0.2, -0.15) is 0 Å². The number of benzene rings is 1. The van der Waals surface area contributed by atoms with Crippen molar-refractivity contribution in [2.75, 3.05) is 13.1 Å². The molecule has 0 saturated carbocycles. The van der Waals surface area contributed by atoms with Crippen LogP contribution in [0.5, 0.6) is 0 Å². The van der Waals surface area contributed by atoms with Crippen LogP contribution in [0.3, 0.4) is 0 Å². The highest BCUT2D eigenvalue weighted by atomic mass is 16.2. The Morgan fingerprint density at radius 2 is 2.00 bits per heavy atom. The standard InChI is InChI=1S/C15H20N2O2/c1-11(13-6-4-3-5-7-13)8-9-17-12(2)15(19)16-10-14(17)18/h3-7,11-12H,8-10H2,1-2H3,(H,16,19). The van der Waals surface area contributed by atoms with E-state index in [1.165, 1.54) is 5.56 Å². The van der Waals surface area contributed by atoms with E-state index in [4.69, 9.17) is 0 Å². The first-order valence-corrected chi connectivity index (χ1v) is 6.71. The monoisotopic (exact) mass is 260 g/mol. The summed E-state index contributed by atoms with van der Waals surface area (Å²) in [5.74, 6) is 0.325. The van der Waals surface area contributed by atoms with Gasteiger partial charge < -0.3 is 10.2 Å². The lowest BCUT2D eigenvalue weighted by molar-refractivity contribution is -0.144. The molecule has 0 radical (unpaired) electrons. The summed E-state index contributed by atoms with van der Waals surface area (Å²) in [7, 11) is 0. The topological polar surface area (TPSA) is 49.4 Å². The van der Waals surface area contributed by atoms with Crippen molar-refractivity contribution >= 4 is 11.8 Å². The largest absolute Gasteiger partial charge is 0.345 e. The SMILES string of the molecule is CC(CCN1C(=O)CNC(=O)C1C)c1ccccc1. The molecular weight excluding hydrogens is 240 g/mol. The molecule has 2 rings (SSSR count). The summed E-state index contributed by atoms with van der Waals surface area (Å²) in [4.78, 5) is 25.0. The van der Waals surface area contributed by atoms with E-state index in [9.17, 15) is 9.59 Å². The van der Waals surface area contributed by atoms with Crippen LogP contribution in [0, 0.1) is 0 Å². The first kappa shape index (κ1) is 13.6. The number of hydrogen-bond acceptors (Lipinski definition) is 2. The van der Waals surface area contributed by atoms with Crippen LogP contribution in [0.4, 0.5) is 0 Å². The molecule has 1 aliphatic rings. The van der Waals surface area contributed by atoms with Crippen LogP contribution in [-0.4, -0.2) is 35.8 Å². The number of rotatable bonds is 4. The Balaban J connectivity index is 1.94. The molecular formula is C15H20N2O2. The van der Waals surface area contributed by atoms with Gasteiger partial charge in [0.2, 0.25) is 11.8 Å². The van der Waals surface area contributed by atoms with Crippen LogP contribution in [0.15, 0.2) is 30.3 Å². The van der Waals surface area contributed by atoms with Gasteiger partial charge in [-0.1, -0.05) is 37.3 Å². The molecule has 0 aromatic heterocycles. The van der Waals surface area contributed by atoms with E-state index in [1.807, 2.05) is 18.2 Å². The van der Waals surface area contributed by atoms with Gasteiger partial charge >= 0.3 is 0 Å². The molecule has 0 aliphatic carbocycles. The van der Waals surface area contributed by atoms with Crippen molar-refractivity contribution in [2.24, 2.45) is 0 Å². The summed E-state index contributed by atoms with van der Waals surface area (Å²) in [6.07, 6.45) is 0.868. The normalized spacial score (nSPS) is 21.2. The third-order valence-electron chi connectivity index (χ3n) is 3.75. The molecule has 2 unspecified atom stereocenters. The summed E-state index contributed by atoms with van der Waals surface area (Å²) in [6, 6.07) is 9.88. The van der Waals surface area contributed by atoms with Crippen LogP contribution < -0.4 is 5.32 Å². The molecule has 2 amide bonds. The van der Waals surface area contributed by atoms with Gasteiger partial charge in [-0.3, -0.25) is 9.59 Å². The Hall–Kier alpha value is -1.84. The average Bonchev–Trinajstić information content (AvgIpc) is 2.44. The lowest BCUT2D eigenvalue weighted by Gasteiger charge is -2.33. The zero-order valence-corrected chi connectivity index (χ0v) is 11.4. The molecule has 1 fully saturated rings. The lowest BCUT2D eigenvalue weighted by atomic mass is 9.97. The van der Waals surface area contributed by atoms with E-state index in [0.29, 0.717) is 12.5 Å². The molecule has 4 nitrogen and oxygen atoms in total. The number of piperazine rings is 1. The predicted octanol–water partition coefficient (Wildman–Crippen LogP) is 1.53. The highest BCUT2D eigenvalue weighted by Crippen LogP contribution is 2.19. The van der Waals surface area contributed by atoms with E-state index >= 15 is 0 Å². The molecule has 2 atom stereocenters. The fourth-order valence-corrected chi connectivity index (χ4v) is 2.37. The van der Waals surface area contributed by atoms with Gasteiger partial charge in [0, 0.05) is 6.54 Å². The summed E-state index contributed by atoms with van der Waals surface area (Å²) in [5, 5.41) is 2.60. The van der Waals surface area contributed by atoms with Crippen LogP contribution in [0.25, 0.3) is 0 Å². The molecule has 0 spiro atoms. The maximum Gasteiger partial charge on any atom is 0.242 e. The van der Waals surface area contributed by atoms with E-state index in [0.717, 1.165) is 6.42 Å². The van der Waals surface area contributed by atoms with Crippen molar-refractivity contribution in [3.8, 4) is 0 Å². The lowest BCUT2D eigenvalue weighted by Crippen LogP contribution is -2.57. The zero-order valence-electron chi connectivity index (χ0n) is 11.4. The molecule has 1 N–H and O–H groups in total. The second-order valence-corrected chi connectivity index (χ2v) is 5.08. The van der Waals surface area contributed by atoms with Crippen molar-refractivity contribution in [2.45, 2.75) is 32.2 Å². The fraction of sp³-hybridized carbons (Fsp3) is 0.467. The number of amides is 2. The fourth-order valence-electron chi connectivity index (χ4n) is 2.37. The first-order valence-electron chi connectivity index (χ1n) is 6.71. The van der Waals surface area contributed by atoms with Crippen LogP contribution in [-0.2, 0) is 9.59 Å². The number of nitrogens with one attached hydrogen (secondary N) is 1. The second-order valence-electron chi connectivity index (χ2n) is 5.08. The van der Waals surface area contributed by atoms with E-state index in [-0.39, 0.29) is 24.4 Å². The molecule has 1 aliphatic heterocycles. The minimum Gasteiger partial charge on any atom is -0.345 e. The van der Waals surface area contributed by atoms with Crippen molar-refractivity contribution in [1.82, 2.24) is 10.2 Å². The third-order valence-corrected chi connectivity index (χ3v) is 3.75. The maximum absolute atomic E-state index is 11.8. The smallest absolute Gasteiger partial charge is 0.242 e. The van der Waals surface area contributed by atoms with Gasteiger partial charge in [-0.05, 0) is 24.8 Å². The molecule has 1 aromatic rings. The van der Waals surface area contributed by atoms with Crippen molar-refractivity contribution < 1.29 is 9.59 Å². The summed E-state index contributed by atoms with van der Waals surface area (Å²) < 4.78 is 0. The molecule has 0 bridgehead atoms. The maximum atomic E-state index is 11.8. The Bertz CT molecular complexity index is 458. The Morgan fingerprint density at radius 3 is 2.68 bits per heavy atom. The zero-order chi connectivity index (χ0) is 13.8.